The van der Waals surface area contributed by atoms with Crippen molar-refractivity contribution in [1.82, 2.24) is 10.2 Å². The molecule has 0 saturated heterocycles. The predicted octanol–water partition coefficient (Wildman–Crippen LogP) is 4.28. The van der Waals surface area contributed by atoms with Gasteiger partial charge in [0.25, 0.3) is 5.91 Å². The van der Waals surface area contributed by atoms with Crippen molar-refractivity contribution in [3.05, 3.63) is 64.2 Å². The lowest BCUT2D eigenvalue weighted by Crippen LogP contribution is -2.50. The Morgan fingerprint density at radius 1 is 1.14 bits per heavy atom. The summed E-state index contributed by atoms with van der Waals surface area (Å²) in [6.45, 7) is 8.24. The lowest BCUT2D eigenvalue weighted by atomic mass is 10.1. The zero-order valence-electron chi connectivity index (χ0n) is 17.5. The molecule has 0 aliphatic heterocycles. The minimum absolute atomic E-state index is 0.148. The molecule has 29 heavy (non-hydrogen) atoms. The molecule has 0 bridgehead atoms. The third kappa shape index (κ3) is 6.23. The van der Waals surface area contributed by atoms with Crippen LogP contribution in [0.1, 0.15) is 37.0 Å². The van der Waals surface area contributed by atoms with Crippen LogP contribution in [0.5, 0.6) is 5.75 Å². The molecular weight excluding hydrogens is 388 g/mol. The Labute approximate surface area is 178 Å². The van der Waals surface area contributed by atoms with Gasteiger partial charge in [0, 0.05) is 18.1 Å². The van der Waals surface area contributed by atoms with Gasteiger partial charge in [0.15, 0.2) is 6.61 Å². The van der Waals surface area contributed by atoms with Crippen molar-refractivity contribution >= 4 is 23.4 Å². The summed E-state index contributed by atoms with van der Waals surface area (Å²) in [6.07, 6.45) is 0.492. The standard InChI is InChI=1S/C23H29ClN2O3/c1-5-20(23(28)25-6-2)26(14-18-9-7-8-10-19(18)24)22(27)15-29-21-13-16(3)11-12-17(21)4/h7-13,20H,5-6,14-15H2,1-4H3,(H,25,28)/t20-/m1/s1. The number of hydrogen-bond acceptors (Lipinski definition) is 3. The summed E-state index contributed by atoms with van der Waals surface area (Å²) in [7, 11) is 0. The molecule has 0 radical (unpaired) electrons. The highest BCUT2D eigenvalue weighted by atomic mass is 35.5. The van der Waals surface area contributed by atoms with Crippen molar-refractivity contribution in [2.24, 2.45) is 0 Å². The van der Waals surface area contributed by atoms with Crippen LogP contribution in [0, 0.1) is 13.8 Å². The maximum absolute atomic E-state index is 13.1. The Morgan fingerprint density at radius 3 is 2.52 bits per heavy atom. The fourth-order valence-electron chi connectivity index (χ4n) is 3.11. The number of hydrogen-bond donors (Lipinski definition) is 1. The molecule has 2 aromatic carbocycles. The molecule has 2 amide bonds. The Bertz CT molecular complexity index is 854. The molecule has 5 nitrogen and oxygen atoms in total. The number of ether oxygens (including phenoxy) is 1. The minimum atomic E-state index is -0.596. The van der Waals surface area contributed by atoms with Gasteiger partial charge in [-0.05, 0) is 56.0 Å². The Morgan fingerprint density at radius 2 is 1.86 bits per heavy atom. The summed E-state index contributed by atoms with van der Waals surface area (Å²) < 4.78 is 5.81. The van der Waals surface area contributed by atoms with Crippen molar-refractivity contribution in [1.29, 1.82) is 0 Å². The van der Waals surface area contributed by atoms with Crippen LogP contribution < -0.4 is 10.1 Å². The highest BCUT2D eigenvalue weighted by molar-refractivity contribution is 6.31. The van der Waals surface area contributed by atoms with E-state index in [2.05, 4.69) is 5.32 Å². The molecule has 0 spiro atoms. The summed E-state index contributed by atoms with van der Waals surface area (Å²) in [5.74, 6) is 0.230. The summed E-state index contributed by atoms with van der Waals surface area (Å²) in [4.78, 5) is 27.3. The molecule has 0 fully saturated rings. The molecule has 1 atom stereocenters. The molecule has 0 heterocycles. The molecular formula is C23H29ClN2O3. The van der Waals surface area contributed by atoms with Gasteiger partial charge in [-0.1, -0.05) is 48.9 Å². The molecule has 1 N–H and O–H groups in total. The fraction of sp³-hybridized carbons (Fsp3) is 0.391. The smallest absolute Gasteiger partial charge is 0.261 e. The van der Waals surface area contributed by atoms with Crippen molar-refractivity contribution in [3.63, 3.8) is 0 Å². The first-order chi connectivity index (χ1) is 13.9. The zero-order chi connectivity index (χ0) is 21.4. The summed E-state index contributed by atoms with van der Waals surface area (Å²) >= 11 is 6.30. The summed E-state index contributed by atoms with van der Waals surface area (Å²) in [5.41, 5.74) is 2.80. The van der Waals surface area contributed by atoms with Crippen LogP contribution in [0.2, 0.25) is 5.02 Å². The van der Waals surface area contributed by atoms with Gasteiger partial charge < -0.3 is 15.0 Å². The third-order valence-corrected chi connectivity index (χ3v) is 5.10. The molecule has 2 aromatic rings. The number of benzene rings is 2. The number of likely N-dealkylation sites (N-methyl/N-ethyl adjacent to an activating group) is 1. The van der Waals surface area contributed by atoms with E-state index in [1.807, 2.05) is 64.1 Å². The van der Waals surface area contributed by atoms with E-state index >= 15 is 0 Å². The number of carbonyl (C=O) groups is 2. The zero-order valence-corrected chi connectivity index (χ0v) is 18.3. The average molecular weight is 417 g/mol. The van der Waals surface area contributed by atoms with E-state index in [0.717, 1.165) is 16.7 Å². The van der Waals surface area contributed by atoms with Gasteiger partial charge in [-0.15, -0.1) is 0 Å². The van der Waals surface area contributed by atoms with Crippen LogP contribution in [-0.2, 0) is 16.1 Å². The van der Waals surface area contributed by atoms with Gasteiger partial charge >= 0.3 is 0 Å². The SMILES string of the molecule is CCNC(=O)[C@@H](CC)N(Cc1ccccc1Cl)C(=O)COc1cc(C)ccc1C. The Balaban J connectivity index is 2.24. The van der Waals surface area contributed by atoms with Crippen molar-refractivity contribution in [2.45, 2.75) is 46.7 Å². The molecule has 0 saturated carbocycles. The second-order valence-electron chi connectivity index (χ2n) is 6.99. The Kier molecular flexibility index (Phi) is 8.52. The molecule has 0 aromatic heterocycles. The van der Waals surface area contributed by atoms with E-state index in [4.69, 9.17) is 16.3 Å². The van der Waals surface area contributed by atoms with Gasteiger partial charge in [0.2, 0.25) is 5.91 Å². The van der Waals surface area contributed by atoms with Crippen LogP contribution in [0.4, 0.5) is 0 Å². The third-order valence-electron chi connectivity index (χ3n) is 4.73. The summed E-state index contributed by atoms with van der Waals surface area (Å²) in [6, 6.07) is 12.6. The van der Waals surface area contributed by atoms with Crippen molar-refractivity contribution in [3.8, 4) is 5.75 Å². The normalized spacial score (nSPS) is 11.6. The number of nitrogens with zero attached hydrogens (tertiary/aromatic N) is 1. The van der Waals surface area contributed by atoms with E-state index in [1.54, 1.807) is 11.0 Å². The van der Waals surface area contributed by atoms with Crippen molar-refractivity contribution in [2.75, 3.05) is 13.2 Å². The number of rotatable bonds is 9. The Hall–Kier alpha value is -2.53. The van der Waals surface area contributed by atoms with Gasteiger partial charge in [0.1, 0.15) is 11.8 Å². The van der Waals surface area contributed by atoms with E-state index in [-0.39, 0.29) is 25.0 Å². The van der Waals surface area contributed by atoms with E-state index in [9.17, 15) is 9.59 Å². The monoisotopic (exact) mass is 416 g/mol. The highest BCUT2D eigenvalue weighted by Gasteiger charge is 2.29. The number of nitrogens with one attached hydrogen (secondary N) is 1. The van der Waals surface area contributed by atoms with E-state index in [1.165, 1.54) is 0 Å². The maximum Gasteiger partial charge on any atom is 0.261 e. The highest BCUT2D eigenvalue weighted by Crippen LogP contribution is 2.22. The van der Waals surface area contributed by atoms with Gasteiger partial charge in [-0.25, -0.2) is 0 Å². The van der Waals surface area contributed by atoms with E-state index < -0.39 is 6.04 Å². The first kappa shape index (κ1) is 22.8. The van der Waals surface area contributed by atoms with Crippen LogP contribution in [-0.4, -0.2) is 35.9 Å². The fourth-order valence-corrected chi connectivity index (χ4v) is 3.30. The second-order valence-corrected chi connectivity index (χ2v) is 7.40. The van der Waals surface area contributed by atoms with Gasteiger partial charge in [-0.2, -0.15) is 0 Å². The quantitative estimate of drug-likeness (QED) is 0.663. The molecule has 0 unspecified atom stereocenters. The lowest BCUT2D eigenvalue weighted by Gasteiger charge is -2.30. The first-order valence-electron chi connectivity index (χ1n) is 9.88. The predicted molar refractivity (Wildman–Crippen MR) is 116 cm³/mol. The number of amides is 2. The summed E-state index contributed by atoms with van der Waals surface area (Å²) in [5, 5.41) is 3.38. The van der Waals surface area contributed by atoms with Gasteiger partial charge in [-0.3, -0.25) is 9.59 Å². The van der Waals surface area contributed by atoms with Crippen LogP contribution >= 0.6 is 11.6 Å². The van der Waals surface area contributed by atoms with Gasteiger partial charge in [0.05, 0.1) is 0 Å². The maximum atomic E-state index is 13.1. The largest absolute Gasteiger partial charge is 0.483 e. The number of halogens is 1. The topological polar surface area (TPSA) is 58.6 Å². The molecule has 2 rings (SSSR count). The van der Waals surface area contributed by atoms with Crippen LogP contribution in [0.3, 0.4) is 0 Å². The molecule has 156 valence electrons. The average Bonchev–Trinajstić information content (AvgIpc) is 2.70. The number of aryl methyl sites for hydroxylation is 2. The van der Waals surface area contributed by atoms with Crippen LogP contribution in [0.25, 0.3) is 0 Å². The number of carbonyl (C=O) groups excluding carboxylic acids is 2. The second kappa shape index (κ2) is 10.9. The van der Waals surface area contributed by atoms with E-state index in [0.29, 0.717) is 23.7 Å². The van der Waals surface area contributed by atoms with Crippen molar-refractivity contribution < 1.29 is 14.3 Å². The lowest BCUT2D eigenvalue weighted by molar-refractivity contribution is -0.142. The molecule has 0 aliphatic rings. The first-order valence-corrected chi connectivity index (χ1v) is 10.3. The molecule has 0 aliphatic carbocycles. The van der Waals surface area contributed by atoms with Crippen LogP contribution in [0.15, 0.2) is 42.5 Å². The minimum Gasteiger partial charge on any atom is -0.483 e. The molecule has 6 heteroatoms.